The van der Waals surface area contributed by atoms with Crippen LogP contribution in [-0.2, 0) is 4.74 Å². The molecule has 0 spiro atoms. The Kier molecular flexibility index (Phi) is 6.29. The molecule has 1 heterocycles. The third kappa shape index (κ3) is 5.01. The number of ether oxygens (including phenoxy) is 2. The molecule has 0 atom stereocenters. The Morgan fingerprint density at radius 3 is 2.34 bits per heavy atom. The molecule has 0 bridgehead atoms. The summed E-state index contributed by atoms with van der Waals surface area (Å²) in [7, 11) is 1.63. The number of methoxy groups -OCH3 is 1. The van der Waals surface area contributed by atoms with Gasteiger partial charge in [0.05, 0.1) is 30.7 Å². The predicted molar refractivity (Wildman–Crippen MR) is 113 cm³/mol. The summed E-state index contributed by atoms with van der Waals surface area (Å²) in [6.07, 6.45) is 0. The van der Waals surface area contributed by atoms with Crippen molar-refractivity contribution in [2.24, 2.45) is 0 Å². The smallest absolute Gasteiger partial charge is 0.340 e. The number of hydrogen-bond donors (Lipinski definition) is 2. The van der Waals surface area contributed by atoms with Crippen LogP contribution in [0.15, 0.2) is 48.5 Å². The van der Waals surface area contributed by atoms with Gasteiger partial charge in [0.15, 0.2) is 0 Å². The predicted octanol–water partition coefficient (Wildman–Crippen LogP) is 4.77. The monoisotopic (exact) mass is 392 g/mol. The summed E-state index contributed by atoms with van der Waals surface area (Å²) < 4.78 is 10.6. The highest BCUT2D eigenvalue weighted by Gasteiger charge is 2.13. The Labute approximate surface area is 170 Å². The average molecular weight is 392 g/mol. The molecular formula is C22H24N4O3. The zero-order valence-electron chi connectivity index (χ0n) is 16.9. The second-order valence-corrected chi connectivity index (χ2v) is 6.41. The average Bonchev–Trinajstić information content (AvgIpc) is 2.68. The summed E-state index contributed by atoms with van der Waals surface area (Å²) in [5.74, 6) is 2.08. The van der Waals surface area contributed by atoms with Gasteiger partial charge in [-0.25, -0.2) is 14.8 Å². The van der Waals surface area contributed by atoms with Crippen LogP contribution < -0.4 is 15.4 Å². The van der Waals surface area contributed by atoms with E-state index in [0.29, 0.717) is 41.1 Å². The number of nitrogens with one attached hydrogen (secondary N) is 2. The summed E-state index contributed by atoms with van der Waals surface area (Å²) in [6.45, 7) is 5.90. The summed E-state index contributed by atoms with van der Waals surface area (Å²) in [5.41, 5.74) is 2.97. The van der Waals surface area contributed by atoms with E-state index >= 15 is 0 Å². The molecule has 0 radical (unpaired) electrons. The number of rotatable bonds is 7. The molecule has 150 valence electrons. The molecule has 0 unspecified atom stereocenters. The van der Waals surface area contributed by atoms with E-state index in [1.165, 1.54) is 0 Å². The Morgan fingerprint density at radius 1 is 0.966 bits per heavy atom. The molecule has 0 aliphatic rings. The highest BCUT2D eigenvalue weighted by Crippen LogP contribution is 2.29. The molecule has 3 aromatic rings. The van der Waals surface area contributed by atoms with Crippen molar-refractivity contribution in [1.29, 1.82) is 0 Å². The van der Waals surface area contributed by atoms with Crippen LogP contribution in [0.2, 0.25) is 0 Å². The first-order valence-corrected chi connectivity index (χ1v) is 9.30. The molecule has 7 heteroatoms. The van der Waals surface area contributed by atoms with E-state index in [9.17, 15) is 4.79 Å². The first-order valence-electron chi connectivity index (χ1n) is 9.30. The van der Waals surface area contributed by atoms with Crippen LogP contribution in [0.25, 0.3) is 0 Å². The number of aryl methyl sites for hydroxylation is 2. The number of anilines is 4. The van der Waals surface area contributed by atoms with Crippen molar-refractivity contribution in [1.82, 2.24) is 9.97 Å². The number of carbonyl (C=O) groups is 1. The number of hydrogen-bond acceptors (Lipinski definition) is 7. The maximum absolute atomic E-state index is 12.2. The van der Waals surface area contributed by atoms with Crippen molar-refractivity contribution in [3.63, 3.8) is 0 Å². The molecule has 1 aromatic heterocycles. The van der Waals surface area contributed by atoms with Gasteiger partial charge in [0.2, 0.25) is 0 Å². The lowest BCUT2D eigenvalue weighted by atomic mass is 10.2. The molecular weight excluding hydrogens is 368 g/mol. The molecule has 0 aliphatic heterocycles. The first kappa shape index (κ1) is 20.1. The van der Waals surface area contributed by atoms with E-state index in [4.69, 9.17) is 9.47 Å². The molecule has 3 rings (SSSR count). The fourth-order valence-corrected chi connectivity index (χ4v) is 2.87. The minimum Gasteiger partial charge on any atom is -0.495 e. The number of para-hydroxylation sites is 1. The third-order valence-corrected chi connectivity index (χ3v) is 4.14. The van der Waals surface area contributed by atoms with Gasteiger partial charge in [-0.15, -0.1) is 0 Å². The van der Waals surface area contributed by atoms with E-state index in [-0.39, 0.29) is 5.97 Å². The second-order valence-electron chi connectivity index (χ2n) is 6.41. The van der Waals surface area contributed by atoms with Gasteiger partial charge in [-0.1, -0.05) is 18.2 Å². The van der Waals surface area contributed by atoms with Gasteiger partial charge in [-0.3, -0.25) is 0 Å². The molecule has 2 aromatic carbocycles. The number of nitrogens with zero attached hydrogens (tertiary/aromatic N) is 2. The molecule has 0 saturated heterocycles. The molecule has 2 N–H and O–H groups in total. The summed E-state index contributed by atoms with van der Waals surface area (Å²) >= 11 is 0. The highest BCUT2D eigenvalue weighted by atomic mass is 16.5. The van der Waals surface area contributed by atoms with Crippen LogP contribution in [0.4, 0.5) is 23.0 Å². The molecule has 7 nitrogen and oxygen atoms in total. The van der Waals surface area contributed by atoms with Gasteiger partial charge in [0, 0.05) is 6.07 Å². The lowest BCUT2D eigenvalue weighted by molar-refractivity contribution is 0.0527. The minimum absolute atomic E-state index is 0.312. The van der Waals surface area contributed by atoms with Crippen LogP contribution in [0.1, 0.15) is 28.7 Å². The molecule has 0 amide bonds. The van der Waals surface area contributed by atoms with E-state index in [1.54, 1.807) is 45.2 Å². The van der Waals surface area contributed by atoms with Crippen molar-refractivity contribution >= 4 is 29.0 Å². The Bertz CT molecular complexity index is 1020. The van der Waals surface area contributed by atoms with Crippen molar-refractivity contribution in [3.05, 3.63) is 65.5 Å². The number of benzene rings is 2. The second kappa shape index (κ2) is 9.05. The molecule has 0 fully saturated rings. The minimum atomic E-state index is -0.385. The van der Waals surface area contributed by atoms with E-state index in [2.05, 4.69) is 20.6 Å². The zero-order chi connectivity index (χ0) is 20.8. The van der Waals surface area contributed by atoms with Gasteiger partial charge in [0.1, 0.15) is 23.2 Å². The Balaban J connectivity index is 1.90. The Morgan fingerprint density at radius 2 is 1.66 bits per heavy atom. The molecule has 0 saturated carbocycles. The lowest BCUT2D eigenvalue weighted by Gasteiger charge is -2.14. The van der Waals surface area contributed by atoms with Crippen molar-refractivity contribution < 1.29 is 14.3 Å². The molecule has 0 aliphatic carbocycles. The number of carbonyl (C=O) groups excluding carboxylic acids is 1. The Hall–Kier alpha value is -3.61. The fourth-order valence-electron chi connectivity index (χ4n) is 2.87. The highest BCUT2D eigenvalue weighted by molar-refractivity contribution is 5.96. The van der Waals surface area contributed by atoms with Crippen LogP contribution in [-0.4, -0.2) is 29.7 Å². The van der Waals surface area contributed by atoms with Crippen LogP contribution in [0.3, 0.4) is 0 Å². The normalized spacial score (nSPS) is 10.3. The summed E-state index contributed by atoms with van der Waals surface area (Å²) in [5, 5.41) is 6.48. The van der Waals surface area contributed by atoms with Gasteiger partial charge < -0.3 is 20.1 Å². The van der Waals surface area contributed by atoms with Crippen LogP contribution in [0.5, 0.6) is 5.75 Å². The van der Waals surface area contributed by atoms with Crippen molar-refractivity contribution in [2.45, 2.75) is 20.8 Å². The van der Waals surface area contributed by atoms with Crippen LogP contribution >= 0.6 is 0 Å². The summed E-state index contributed by atoms with van der Waals surface area (Å²) in [6, 6.07) is 14.8. The molecule has 29 heavy (non-hydrogen) atoms. The maximum Gasteiger partial charge on any atom is 0.340 e. The van der Waals surface area contributed by atoms with E-state index < -0.39 is 0 Å². The zero-order valence-corrected chi connectivity index (χ0v) is 16.9. The quantitative estimate of drug-likeness (QED) is 0.560. The first-order chi connectivity index (χ1) is 14.0. The third-order valence-electron chi connectivity index (χ3n) is 4.14. The van der Waals surface area contributed by atoms with Gasteiger partial charge >= 0.3 is 5.97 Å². The van der Waals surface area contributed by atoms with E-state index in [0.717, 1.165) is 11.3 Å². The fraction of sp³-hybridized carbons (Fsp3) is 0.227. The van der Waals surface area contributed by atoms with Crippen LogP contribution in [0, 0.1) is 13.8 Å². The SMILES string of the molecule is CCOC(=O)c1ccccc1Nc1cc(Nc2cc(C)ccc2OC)nc(C)n1. The largest absolute Gasteiger partial charge is 0.495 e. The van der Waals surface area contributed by atoms with E-state index in [1.807, 2.05) is 31.2 Å². The standard InChI is InChI=1S/C22H24N4O3/c1-5-29-22(27)16-8-6-7-9-17(16)25-20-13-21(24-15(3)23-20)26-18-12-14(2)10-11-19(18)28-4/h6-13H,5H2,1-4H3,(H2,23,24,25,26). The maximum atomic E-state index is 12.2. The van der Waals surface area contributed by atoms with Crippen molar-refractivity contribution in [3.8, 4) is 5.75 Å². The number of aromatic nitrogens is 2. The van der Waals surface area contributed by atoms with Gasteiger partial charge in [-0.05, 0) is 50.6 Å². The van der Waals surface area contributed by atoms with Crippen molar-refractivity contribution in [2.75, 3.05) is 24.4 Å². The lowest BCUT2D eigenvalue weighted by Crippen LogP contribution is -2.09. The summed E-state index contributed by atoms with van der Waals surface area (Å²) in [4.78, 5) is 21.1. The van der Waals surface area contributed by atoms with Gasteiger partial charge in [-0.2, -0.15) is 0 Å². The number of esters is 1. The van der Waals surface area contributed by atoms with Gasteiger partial charge in [0.25, 0.3) is 0 Å². The topological polar surface area (TPSA) is 85.4 Å².